The minimum Gasteiger partial charge on any atom is -0.236 e. The van der Waals surface area contributed by atoms with Crippen molar-refractivity contribution < 1.29 is 0 Å². The number of pyridine rings is 1. The standard InChI is InChI=1S/C13H8BrN3/c14-13-16-11(9-5-2-1-3-6-9)10-7-4-8-15-12(10)17-13/h1-8H. The van der Waals surface area contributed by atoms with E-state index in [1.165, 1.54) is 0 Å². The molecule has 3 aromatic rings. The summed E-state index contributed by atoms with van der Waals surface area (Å²) in [5.74, 6) is 0. The molecule has 0 saturated carbocycles. The van der Waals surface area contributed by atoms with Crippen molar-refractivity contribution in [3.05, 3.63) is 53.4 Å². The van der Waals surface area contributed by atoms with Crippen LogP contribution >= 0.6 is 15.9 Å². The predicted octanol–water partition coefficient (Wildman–Crippen LogP) is 3.45. The lowest BCUT2D eigenvalue weighted by Gasteiger charge is -2.05. The van der Waals surface area contributed by atoms with E-state index in [1.54, 1.807) is 6.20 Å². The van der Waals surface area contributed by atoms with E-state index in [-0.39, 0.29) is 0 Å². The fourth-order valence-electron chi connectivity index (χ4n) is 1.75. The number of halogens is 1. The van der Waals surface area contributed by atoms with Gasteiger partial charge in [-0.05, 0) is 28.1 Å². The van der Waals surface area contributed by atoms with Crippen LogP contribution in [0.2, 0.25) is 0 Å². The predicted molar refractivity (Wildman–Crippen MR) is 70.5 cm³/mol. The molecule has 0 N–H and O–H groups in total. The molecule has 0 atom stereocenters. The molecule has 1 aromatic carbocycles. The molecule has 4 heteroatoms. The quantitative estimate of drug-likeness (QED) is 0.643. The third kappa shape index (κ3) is 1.91. The molecule has 3 nitrogen and oxygen atoms in total. The molecule has 2 aromatic heterocycles. The number of benzene rings is 1. The van der Waals surface area contributed by atoms with Gasteiger partial charge in [-0.25, -0.2) is 15.0 Å². The van der Waals surface area contributed by atoms with Crippen LogP contribution in [0.4, 0.5) is 0 Å². The molecule has 0 saturated heterocycles. The summed E-state index contributed by atoms with van der Waals surface area (Å²) in [7, 11) is 0. The fourth-order valence-corrected chi connectivity index (χ4v) is 2.10. The highest BCUT2D eigenvalue weighted by molar-refractivity contribution is 9.10. The average molecular weight is 286 g/mol. The van der Waals surface area contributed by atoms with E-state index in [0.29, 0.717) is 10.4 Å². The van der Waals surface area contributed by atoms with E-state index in [0.717, 1.165) is 16.6 Å². The zero-order valence-corrected chi connectivity index (χ0v) is 10.4. The molecule has 0 unspecified atom stereocenters. The van der Waals surface area contributed by atoms with Crippen LogP contribution in [0, 0.1) is 0 Å². The van der Waals surface area contributed by atoms with E-state index in [9.17, 15) is 0 Å². The van der Waals surface area contributed by atoms with Crippen LogP contribution in [-0.2, 0) is 0 Å². The maximum absolute atomic E-state index is 4.44. The van der Waals surface area contributed by atoms with E-state index < -0.39 is 0 Å². The summed E-state index contributed by atoms with van der Waals surface area (Å²) in [6, 6.07) is 13.9. The van der Waals surface area contributed by atoms with Gasteiger partial charge in [-0.1, -0.05) is 30.3 Å². The first-order chi connectivity index (χ1) is 8.34. The molecule has 0 bridgehead atoms. The van der Waals surface area contributed by atoms with Gasteiger partial charge in [0.15, 0.2) is 10.4 Å². The van der Waals surface area contributed by atoms with E-state index in [4.69, 9.17) is 0 Å². The van der Waals surface area contributed by atoms with Crippen molar-refractivity contribution in [2.24, 2.45) is 0 Å². The van der Waals surface area contributed by atoms with Gasteiger partial charge in [0.2, 0.25) is 0 Å². The van der Waals surface area contributed by atoms with Crippen molar-refractivity contribution in [2.45, 2.75) is 0 Å². The van der Waals surface area contributed by atoms with Crippen LogP contribution in [0.25, 0.3) is 22.3 Å². The molecule has 82 valence electrons. The summed E-state index contributed by atoms with van der Waals surface area (Å²) in [5.41, 5.74) is 2.66. The second-order valence-electron chi connectivity index (χ2n) is 3.58. The van der Waals surface area contributed by atoms with Gasteiger partial charge in [0.05, 0.1) is 5.69 Å². The molecule has 0 aliphatic heterocycles. The van der Waals surface area contributed by atoms with E-state index in [1.807, 2.05) is 42.5 Å². The topological polar surface area (TPSA) is 38.7 Å². The van der Waals surface area contributed by atoms with Crippen molar-refractivity contribution in [3.63, 3.8) is 0 Å². The Morgan fingerprint density at radius 2 is 1.71 bits per heavy atom. The highest BCUT2D eigenvalue weighted by Gasteiger charge is 2.08. The van der Waals surface area contributed by atoms with Crippen LogP contribution in [-0.4, -0.2) is 15.0 Å². The third-order valence-corrected chi connectivity index (χ3v) is 2.85. The van der Waals surface area contributed by atoms with Crippen molar-refractivity contribution in [3.8, 4) is 11.3 Å². The molecule has 0 amide bonds. The number of hydrogen-bond acceptors (Lipinski definition) is 3. The molecule has 3 rings (SSSR count). The molecule has 0 aliphatic rings. The van der Waals surface area contributed by atoms with Crippen LogP contribution in [0.3, 0.4) is 0 Å². The van der Waals surface area contributed by atoms with Gasteiger partial charge < -0.3 is 0 Å². The summed E-state index contributed by atoms with van der Waals surface area (Å²) in [6.45, 7) is 0. The number of fused-ring (bicyclic) bond motifs is 1. The van der Waals surface area contributed by atoms with Gasteiger partial charge in [-0.2, -0.15) is 0 Å². The lowest BCUT2D eigenvalue weighted by atomic mass is 10.1. The highest BCUT2D eigenvalue weighted by Crippen LogP contribution is 2.25. The second-order valence-corrected chi connectivity index (χ2v) is 4.29. The molecule has 0 aliphatic carbocycles. The lowest BCUT2D eigenvalue weighted by Crippen LogP contribution is -1.92. The zero-order valence-electron chi connectivity index (χ0n) is 8.84. The Morgan fingerprint density at radius 3 is 2.53 bits per heavy atom. The number of nitrogens with zero attached hydrogens (tertiary/aromatic N) is 3. The summed E-state index contributed by atoms with van der Waals surface area (Å²) in [4.78, 5) is 12.9. The minimum atomic E-state index is 0.558. The van der Waals surface area contributed by atoms with Gasteiger partial charge in [-0.3, -0.25) is 0 Å². The molecule has 17 heavy (non-hydrogen) atoms. The summed E-state index contributed by atoms with van der Waals surface area (Å²) < 4.78 is 0.558. The largest absolute Gasteiger partial charge is 0.236 e. The zero-order chi connectivity index (χ0) is 11.7. The normalized spacial score (nSPS) is 10.6. The van der Waals surface area contributed by atoms with Gasteiger partial charge in [0.1, 0.15) is 0 Å². The maximum Gasteiger partial charge on any atom is 0.199 e. The van der Waals surface area contributed by atoms with Crippen molar-refractivity contribution in [2.75, 3.05) is 0 Å². The Balaban J connectivity index is 2.36. The Bertz CT molecular complexity index is 668. The summed E-state index contributed by atoms with van der Waals surface area (Å²) in [5, 5.41) is 0.960. The summed E-state index contributed by atoms with van der Waals surface area (Å²) >= 11 is 3.32. The van der Waals surface area contributed by atoms with Gasteiger partial charge in [0.25, 0.3) is 0 Å². The Morgan fingerprint density at radius 1 is 0.882 bits per heavy atom. The monoisotopic (exact) mass is 285 g/mol. The maximum atomic E-state index is 4.44. The van der Waals surface area contributed by atoms with Gasteiger partial charge >= 0.3 is 0 Å². The SMILES string of the molecule is Brc1nc(-c2ccccc2)c2cccnc2n1. The molecule has 2 heterocycles. The molecule has 0 radical (unpaired) electrons. The second kappa shape index (κ2) is 4.22. The molecule has 0 fully saturated rings. The van der Waals surface area contributed by atoms with Crippen LogP contribution in [0.15, 0.2) is 53.4 Å². The van der Waals surface area contributed by atoms with Crippen molar-refractivity contribution in [1.29, 1.82) is 0 Å². The highest BCUT2D eigenvalue weighted by atomic mass is 79.9. The number of rotatable bonds is 1. The Labute approximate surface area is 107 Å². The lowest BCUT2D eigenvalue weighted by molar-refractivity contribution is 1.13. The number of hydrogen-bond donors (Lipinski definition) is 0. The first-order valence-corrected chi connectivity index (χ1v) is 5.97. The molecular formula is C13H8BrN3. The van der Waals surface area contributed by atoms with Gasteiger partial charge in [-0.15, -0.1) is 0 Å². The first-order valence-electron chi connectivity index (χ1n) is 5.18. The molecular weight excluding hydrogens is 278 g/mol. The van der Waals surface area contributed by atoms with Gasteiger partial charge in [0, 0.05) is 17.1 Å². The Hall–Kier alpha value is -1.81. The van der Waals surface area contributed by atoms with E-state index in [2.05, 4.69) is 30.9 Å². The van der Waals surface area contributed by atoms with Crippen molar-refractivity contribution >= 4 is 27.0 Å². The van der Waals surface area contributed by atoms with E-state index >= 15 is 0 Å². The third-order valence-electron chi connectivity index (χ3n) is 2.49. The fraction of sp³-hybridized carbons (Fsp3) is 0. The van der Waals surface area contributed by atoms with Crippen LogP contribution in [0.5, 0.6) is 0 Å². The Kier molecular flexibility index (Phi) is 2.57. The summed E-state index contributed by atoms with van der Waals surface area (Å²) in [6.07, 6.45) is 1.73. The van der Waals surface area contributed by atoms with Crippen molar-refractivity contribution in [1.82, 2.24) is 15.0 Å². The smallest absolute Gasteiger partial charge is 0.199 e. The minimum absolute atomic E-state index is 0.558. The van der Waals surface area contributed by atoms with Crippen LogP contribution in [0.1, 0.15) is 0 Å². The average Bonchev–Trinajstić information content (AvgIpc) is 2.39. The molecule has 0 spiro atoms. The van der Waals surface area contributed by atoms with Crippen LogP contribution < -0.4 is 0 Å². The number of aromatic nitrogens is 3. The first kappa shape index (κ1) is 10.4.